The second-order valence-corrected chi connectivity index (χ2v) is 4.64. The lowest BCUT2D eigenvalue weighted by atomic mass is 10.3. The van der Waals surface area contributed by atoms with Gasteiger partial charge in [0, 0.05) is 13.6 Å². The van der Waals surface area contributed by atoms with E-state index < -0.39 is 5.97 Å². The van der Waals surface area contributed by atoms with Gasteiger partial charge in [-0.1, -0.05) is 0 Å². The van der Waals surface area contributed by atoms with Crippen LogP contribution in [0.15, 0.2) is 6.07 Å². The number of hydrogen-bond donors (Lipinski definition) is 1. The summed E-state index contributed by atoms with van der Waals surface area (Å²) in [6, 6.07) is 1.87. The topological polar surface area (TPSA) is 88.0 Å². The van der Waals surface area contributed by atoms with E-state index in [1.165, 1.54) is 0 Å². The molecular formula is C13H19N5O2. The third kappa shape index (κ3) is 2.52. The second kappa shape index (κ2) is 5.36. The van der Waals surface area contributed by atoms with E-state index in [0.29, 0.717) is 23.6 Å². The number of carbonyl (C=O) groups is 1. The Morgan fingerprint density at radius 1 is 1.40 bits per heavy atom. The summed E-state index contributed by atoms with van der Waals surface area (Å²) in [6.45, 7) is 6.27. The largest absolute Gasteiger partial charge is 0.454 e. The van der Waals surface area contributed by atoms with E-state index >= 15 is 0 Å². The summed E-state index contributed by atoms with van der Waals surface area (Å²) in [7, 11) is 1.81. The fraction of sp³-hybridized carbons (Fsp3) is 0.462. The predicted molar refractivity (Wildman–Crippen MR) is 74.1 cm³/mol. The number of aromatic nitrogens is 4. The van der Waals surface area contributed by atoms with Gasteiger partial charge < -0.3 is 10.5 Å². The number of anilines is 1. The summed E-state index contributed by atoms with van der Waals surface area (Å²) in [5, 5.41) is 8.40. The first-order valence-electron chi connectivity index (χ1n) is 6.43. The third-order valence-electron chi connectivity index (χ3n) is 3.12. The Morgan fingerprint density at radius 2 is 2.10 bits per heavy atom. The van der Waals surface area contributed by atoms with Gasteiger partial charge in [-0.05, 0) is 26.8 Å². The minimum atomic E-state index is -0.469. The zero-order valence-electron chi connectivity index (χ0n) is 12.2. The van der Waals surface area contributed by atoms with Gasteiger partial charge in [0.15, 0.2) is 5.69 Å². The van der Waals surface area contributed by atoms with Crippen LogP contribution in [0.5, 0.6) is 0 Å². The molecule has 2 aromatic heterocycles. The SMILES string of the molecule is CCn1nc(C)c(N)c1C(=O)OCc1cc(C)nn1C. The predicted octanol–water partition coefficient (Wildman–Crippen LogP) is 1.19. The van der Waals surface area contributed by atoms with Gasteiger partial charge >= 0.3 is 5.97 Å². The van der Waals surface area contributed by atoms with E-state index in [4.69, 9.17) is 10.5 Å². The Balaban J connectivity index is 2.15. The molecule has 0 amide bonds. The molecule has 0 aliphatic rings. The Kier molecular flexibility index (Phi) is 3.78. The summed E-state index contributed by atoms with van der Waals surface area (Å²) < 4.78 is 8.55. The number of carbonyl (C=O) groups excluding carboxylic acids is 1. The first kappa shape index (κ1) is 14.1. The highest BCUT2D eigenvalue weighted by atomic mass is 16.5. The van der Waals surface area contributed by atoms with Crippen molar-refractivity contribution < 1.29 is 9.53 Å². The summed E-state index contributed by atoms with van der Waals surface area (Å²) >= 11 is 0. The molecule has 20 heavy (non-hydrogen) atoms. The van der Waals surface area contributed by atoms with Gasteiger partial charge in [-0.2, -0.15) is 10.2 Å². The molecule has 0 bridgehead atoms. The molecule has 0 saturated carbocycles. The molecule has 0 spiro atoms. The minimum absolute atomic E-state index is 0.156. The maximum absolute atomic E-state index is 12.2. The molecule has 7 heteroatoms. The van der Waals surface area contributed by atoms with Crippen LogP contribution < -0.4 is 5.73 Å². The molecule has 2 rings (SSSR count). The van der Waals surface area contributed by atoms with Gasteiger partial charge in [-0.25, -0.2) is 4.79 Å². The monoisotopic (exact) mass is 277 g/mol. The van der Waals surface area contributed by atoms with Gasteiger partial charge in [0.2, 0.25) is 0 Å². The number of nitrogen functional groups attached to an aromatic ring is 1. The van der Waals surface area contributed by atoms with Crippen molar-refractivity contribution in [3.8, 4) is 0 Å². The van der Waals surface area contributed by atoms with Crippen LogP contribution in [0.4, 0.5) is 5.69 Å². The first-order chi connectivity index (χ1) is 9.43. The van der Waals surface area contributed by atoms with Gasteiger partial charge in [-0.15, -0.1) is 0 Å². The molecular weight excluding hydrogens is 258 g/mol. The highest BCUT2D eigenvalue weighted by Gasteiger charge is 2.20. The van der Waals surface area contributed by atoms with E-state index in [1.54, 1.807) is 16.3 Å². The smallest absolute Gasteiger partial charge is 0.359 e. The minimum Gasteiger partial charge on any atom is -0.454 e. The summed E-state index contributed by atoms with van der Waals surface area (Å²) in [6.07, 6.45) is 0. The summed E-state index contributed by atoms with van der Waals surface area (Å²) in [5.41, 5.74) is 8.91. The van der Waals surface area contributed by atoms with Crippen molar-refractivity contribution >= 4 is 11.7 Å². The molecule has 0 aliphatic heterocycles. The van der Waals surface area contributed by atoms with Gasteiger partial charge in [0.05, 0.1) is 22.8 Å². The quantitative estimate of drug-likeness (QED) is 0.848. The molecule has 0 aliphatic carbocycles. The van der Waals surface area contributed by atoms with Crippen LogP contribution in [-0.4, -0.2) is 25.5 Å². The summed E-state index contributed by atoms with van der Waals surface area (Å²) in [4.78, 5) is 12.2. The Bertz CT molecular complexity index is 641. The molecule has 2 aromatic rings. The average molecular weight is 277 g/mol. The summed E-state index contributed by atoms with van der Waals surface area (Å²) in [5.74, 6) is -0.469. The molecule has 0 saturated heterocycles. The van der Waals surface area contributed by atoms with Crippen molar-refractivity contribution in [2.75, 3.05) is 5.73 Å². The number of aryl methyl sites for hydroxylation is 4. The Morgan fingerprint density at radius 3 is 2.65 bits per heavy atom. The lowest BCUT2D eigenvalue weighted by Crippen LogP contribution is -2.15. The van der Waals surface area contributed by atoms with Crippen LogP contribution in [-0.2, 0) is 24.9 Å². The fourth-order valence-corrected chi connectivity index (χ4v) is 2.05. The molecule has 0 aromatic carbocycles. The van der Waals surface area contributed by atoms with Crippen LogP contribution in [0.1, 0.15) is 34.5 Å². The average Bonchev–Trinajstić information content (AvgIpc) is 2.87. The highest BCUT2D eigenvalue weighted by molar-refractivity contribution is 5.93. The molecule has 0 unspecified atom stereocenters. The van der Waals surface area contributed by atoms with Crippen molar-refractivity contribution in [1.29, 1.82) is 0 Å². The van der Waals surface area contributed by atoms with Crippen LogP contribution in [0.2, 0.25) is 0 Å². The number of rotatable bonds is 4. The van der Waals surface area contributed by atoms with E-state index in [0.717, 1.165) is 11.4 Å². The molecule has 2 N–H and O–H groups in total. The van der Waals surface area contributed by atoms with Crippen LogP contribution >= 0.6 is 0 Å². The van der Waals surface area contributed by atoms with Crippen LogP contribution in [0, 0.1) is 13.8 Å². The van der Waals surface area contributed by atoms with Crippen LogP contribution in [0.25, 0.3) is 0 Å². The van der Waals surface area contributed by atoms with Crippen molar-refractivity contribution in [2.24, 2.45) is 7.05 Å². The maximum Gasteiger partial charge on any atom is 0.359 e. The number of nitrogens with zero attached hydrogens (tertiary/aromatic N) is 4. The van der Waals surface area contributed by atoms with E-state index in [-0.39, 0.29) is 6.61 Å². The van der Waals surface area contributed by atoms with E-state index in [9.17, 15) is 4.79 Å². The second-order valence-electron chi connectivity index (χ2n) is 4.64. The van der Waals surface area contributed by atoms with Crippen molar-refractivity contribution in [3.05, 3.63) is 28.8 Å². The third-order valence-corrected chi connectivity index (χ3v) is 3.12. The van der Waals surface area contributed by atoms with Gasteiger partial charge in [0.1, 0.15) is 6.61 Å². The van der Waals surface area contributed by atoms with E-state index in [2.05, 4.69) is 10.2 Å². The maximum atomic E-state index is 12.2. The fourth-order valence-electron chi connectivity index (χ4n) is 2.05. The van der Waals surface area contributed by atoms with Crippen molar-refractivity contribution in [2.45, 2.75) is 33.9 Å². The molecule has 0 atom stereocenters. The number of nitrogens with two attached hydrogens (primary N) is 1. The Labute approximate surface area is 117 Å². The number of esters is 1. The number of hydrogen-bond acceptors (Lipinski definition) is 5. The molecule has 2 heterocycles. The lowest BCUT2D eigenvalue weighted by Gasteiger charge is -2.07. The normalized spacial score (nSPS) is 10.8. The van der Waals surface area contributed by atoms with Crippen molar-refractivity contribution in [3.63, 3.8) is 0 Å². The Hall–Kier alpha value is -2.31. The van der Waals surface area contributed by atoms with Crippen molar-refractivity contribution in [1.82, 2.24) is 19.6 Å². The standard InChI is InChI=1S/C13H19N5O2/c1-5-18-12(11(14)9(3)16-18)13(19)20-7-10-6-8(2)15-17(10)4/h6H,5,7,14H2,1-4H3. The molecule has 108 valence electrons. The van der Waals surface area contributed by atoms with Crippen LogP contribution in [0.3, 0.4) is 0 Å². The molecule has 0 fully saturated rings. The zero-order chi connectivity index (χ0) is 14.9. The molecule has 0 radical (unpaired) electrons. The number of ether oxygens (including phenoxy) is 1. The van der Waals surface area contributed by atoms with Gasteiger partial charge in [-0.3, -0.25) is 9.36 Å². The zero-order valence-corrected chi connectivity index (χ0v) is 12.2. The van der Waals surface area contributed by atoms with Gasteiger partial charge in [0.25, 0.3) is 0 Å². The highest BCUT2D eigenvalue weighted by Crippen LogP contribution is 2.18. The first-order valence-corrected chi connectivity index (χ1v) is 6.43. The lowest BCUT2D eigenvalue weighted by molar-refractivity contribution is 0.0450. The van der Waals surface area contributed by atoms with E-state index in [1.807, 2.05) is 27.0 Å². The molecule has 7 nitrogen and oxygen atoms in total.